The monoisotopic (exact) mass is 393 g/mol. The van der Waals surface area contributed by atoms with Gasteiger partial charge >= 0.3 is 0 Å². The van der Waals surface area contributed by atoms with Gasteiger partial charge in [-0.15, -0.1) is 0 Å². The van der Waals surface area contributed by atoms with Gasteiger partial charge in [-0.25, -0.2) is 0 Å². The summed E-state index contributed by atoms with van der Waals surface area (Å²) >= 11 is 0. The van der Waals surface area contributed by atoms with E-state index in [9.17, 15) is 4.79 Å². The van der Waals surface area contributed by atoms with Crippen LogP contribution < -0.4 is 14.8 Å². The van der Waals surface area contributed by atoms with E-state index in [0.29, 0.717) is 12.3 Å². The fourth-order valence-corrected chi connectivity index (χ4v) is 3.61. The highest BCUT2D eigenvalue weighted by atomic mass is 16.5. The van der Waals surface area contributed by atoms with Gasteiger partial charge < -0.3 is 14.8 Å². The highest BCUT2D eigenvalue weighted by Gasteiger charge is 2.33. The average molecular weight is 394 g/mol. The van der Waals surface area contributed by atoms with Crippen molar-refractivity contribution in [1.29, 1.82) is 0 Å². The lowest BCUT2D eigenvalue weighted by atomic mass is 9.68. The molecule has 0 aliphatic heterocycles. The summed E-state index contributed by atoms with van der Waals surface area (Å²) in [5.74, 6) is 3.13. The van der Waals surface area contributed by atoms with Crippen LogP contribution in [0.4, 0.5) is 5.69 Å². The number of ketones is 1. The number of hydrogen-bond donors (Lipinski definition) is 1. The van der Waals surface area contributed by atoms with Crippen molar-refractivity contribution in [3.05, 3.63) is 60.3 Å². The molecule has 0 saturated heterocycles. The zero-order chi connectivity index (χ0) is 20.9. The molecule has 1 aliphatic carbocycles. The Morgan fingerprint density at radius 2 is 1.62 bits per heavy atom. The Morgan fingerprint density at radius 3 is 2.21 bits per heavy atom. The minimum atomic E-state index is 0.264. The number of anilines is 1. The Hall–Kier alpha value is -2.75. The minimum Gasteiger partial charge on any atom is -0.497 e. The summed E-state index contributed by atoms with van der Waals surface area (Å²) < 4.78 is 11.0. The van der Waals surface area contributed by atoms with Crippen LogP contribution in [0, 0.1) is 11.3 Å². The van der Waals surface area contributed by atoms with Crippen molar-refractivity contribution in [2.45, 2.75) is 46.5 Å². The fourth-order valence-electron chi connectivity index (χ4n) is 3.61. The van der Waals surface area contributed by atoms with Crippen LogP contribution in [-0.4, -0.2) is 12.9 Å². The number of nitrogens with one attached hydrogen (secondary N) is 1. The van der Waals surface area contributed by atoms with Gasteiger partial charge in [-0.1, -0.05) is 27.2 Å². The molecule has 0 aromatic heterocycles. The summed E-state index contributed by atoms with van der Waals surface area (Å²) in [6, 6.07) is 15.2. The van der Waals surface area contributed by atoms with Crippen LogP contribution in [0.2, 0.25) is 0 Å². The van der Waals surface area contributed by atoms with Gasteiger partial charge in [0.1, 0.15) is 17.2 Å². The van der Waals surface area contributed by atoms with Crippen molar-refractivity contribution in [2.24, 2.45) is 11.3 Å². The van der Waals surface area contributed by atoms with Crippen LogP contribution in [0.25, 0.3) is 0 Å². The van der Waals surface area contributed by atoms with Crippen LogP contribution in [0.3, 0.4) is 0 Å². The van der Waals surface area contributed by atoms with E-state index in [1.807, 2.05) is 54.7 Å². The normalized spacial score (nSPS) is 18.6. The highest BCUT2D eigenvalue weighted by molar-refractivity contribution is 5.96. The molecule has 29 heavy (non-hydrogen) atoms. The average Bonchev–Trinajstić information content (AvgIpc) is 2.74. The lowest BCUT2D eigenvalue weighted by Crippen LogP contribution is -2.29. The molecular weight excluding hydrogens is 362 g/mol. The molecule has 1 saturated carbocycles. The topological polar surface area (TPSA) is 47.6 Å². The molecule has 0 spiro atoms. The molecule has 0 radical (unpaired) electrons. The summed E-state index contributed by atoms with van der Waals surface area (Å²) in [7, 11) is 1.64. The number of Topliss-reactive ketones (excluding diaryl/α,β-unsaturated/α-hetero) is 1. The van der Waals surface area contributed by atoms with Crippen LogP contribution in [0.15, 0.2) is 60.3 Å². The number of hydrogen-bond acceptors (Lipinski definition) is 4. The van der Waals surface area contributed by atoms with Crippen LogP contribution in [0.1, 0.15) is 46.5 Å². The van der Waals surface area contributed by atoms with Gasteiger partial charge in [0.15, 0.2) is 5.78 Å². The fraction of sp³-hybridized carbons (Fsp3) is 0.400. The molecule has 0 unspecified atom stereocenters. The number of benzene rings is 2. The number of rotatable bonds is 7. The molecule has 4 heteroatoms. The maximum Gasteiger partial charge on any atom is 0.160 e. The minimum absolute atomic E-state index is 0.264. The third kappa shape index (κ3) is 5.41. The van der Waals surface area contributed by atoms with Gasteiger partial charge in [0.05, 0.1) is 7.11 Å². The number of carbonyl (C=O) groups is 1. The van der Waals surface area contributed by atoms with E-state index in [4.69, 9.17) is 9.47 Å². The number of carbonyl (C=O) groups excluding carboxylic acids is 1. The van der Waals surface area contributed by atoms with Crippen molar-refractivity contribution in [3.63, 3.8) is 0 Å². The highest BCUT2D eigenvalue weighted by Crippen LogP contribution is 2.41. The first-order valence-corrected chi connectivity index (χ1v) is 10.3. The summed E-state index contributed by atoms with van der Waals surface area (Å²) in [4.78, 5) is 12.3. The molecule has 0 heterocycles. The molecule has 1 aliphatic rings. The summed E-state index contributed by atoms with van der Waals surface area (Å²) in [6.07, 6.45) is 5.51. The van der Waals surface area contributed by atoms with Crippen LogP contribution in [0.5, 0.6) is 17.2 Å². The molecule has 3 rings (SSSR count). The number of ether oxygens (including phenoxy) is 2. The molecule has 0 amide bonds. The van der Waals surface area contributed by atoms with Gasteiger partial charge in [-0.3, -0.25) is 4.79 Å². The van der Waals surface area contributed by atoms with Gasteiger partial charge in [-0.2, -0.15) is 0 Å². The molecule has 2 aromatic rings. The first-order valence-electron chi connectivity index (χ1n) is 10.3. The summed E-state index contributed by atoms with van der Waals surface area (Å²) in [5.41, 5.74) is 2.10. The standard InChI is InChI=1S/C25H31NO3/c1-5-25(2,3)19-6-15-24(27)18(16-19)17-26-20-7-9-22(10-8-20)29-23-13-11-21(28-4)12-14-23/h7-14,17,19,26H,5-6,15-16H2,1-4H3/b18-17+/t19-/m1/s1. The first kappa shape index (κ1) is 21.0. The largest absolute Gasteiger partial charge is 0.497 e. The van der Waals surface area contributed by atoms with Gasteiger partial charge in [0.25, 0.3) is 0 Å². The number of methoxy groups -OCH3 is 1. The Bertz CT molecular complexity index is 851. The number of allylic oxidation sites excluding steroid dienone is 1. The summed E-state index contributed by atoms with van der Waals surface area (Å²) in [5, 5.41) is 3.29. The lowest BCUT2D eigenvalue weighted by Gasteiger charge is -2.36. The Labute approximate surface area is 173 Å². The second-order valence-electron chi connectivity index (χ2n) is 8.32. The third-order valence-corrected chi connectivity index (χ3v) is 6.12. The maximum absolute atomic E-state index is 12.3. The van der Waals surface area contributed by atoms with Gasteiger partial charge in [-0.05, 0) is 72.7 Å². The predicted molar refractivity (Wildman–Crippen MR) is 118 cm³/mol. The smallest absolute Gasteiger partial charge is 0.160 e. The molecule has 1 fully saturated rings. The Balaban J connectivity index is 1.61. The van der Waals surface area contributed by atoms with E-state index in [0.717, 1.165) is 47.8 Å². The van der Waals surface area contributed by atoms with E-state index >= 15 is 0 Å². The van der Waals surface area contributed by atoms with Crippen LogP contribution in [-0.2, 0) is 4.79 Å². The van der Waals surface area contributed by atoms with E-state index in [1.54, 1.807) is 7.11 Å². The van der Waals surface area contributed by atoms with E-state index in [-0.39, 0.29) is 11.2 Å². The molecule has 154 valence electrons. The van der Waals surface area contributed by atoms with Crippen molar-refractivity contribution in [1.82, 2.24) is 0 Å². The third-order valence-electron chi connectivity index (χ3n) is 6.12. The molecule has 4 nitrogen and oxygen atoms in total. The second kappa shape index (κ2) is 9.17. The van der Waals surface area contributed by atoms with Crippen molar-refractivity contribution >= 4 is 11.5 Å². The second-order valence-corrected chi connectivity index (χ2v) is 8.32. The summed E-state index contributed by atoms with van der Waals surface area (Å²) in [6.45, 7) is 6.84. The Kier molecular flexibility index (Phi) is 6.63. The Morgan fingerprint density at radius 1 is 1.03 bits per heavy atom. The molecular formula is C25H31NO3. The van der Waals surface area contributed by atoms with Crippen molar-refractivity contribution < 1.29 is 14.3 Å². The van der Waals surface area contributed by atoms with E-state index in [2.05, 4.69) is 26.1 Å². The van der Waals surface area contributed by atoms with E-state index < -0.39 is 0 Å². The predicted octanol–water partition coefficient (Wildman–Crippen LogP) is 6.59. The van der Waals surface area contributed by atoms with Gasteiger partial charge in [0.2, 0.25) is 0 Å². The SMILES string of the molecule is CCC(C)(C)[C@@H]1CCC(=O)/C(=C/Nc2ccc(Oc3ccc(OC)cc3)cc2)C1. The van der Waals surface area contributed by atoms with E-state index in [1.165, 1.54) is 0 Å². The molecule has 1 atom stereocenters. The van der Waals surface area contributed by atoms with Gasteiger partial charge in [0, 0.05) is 23.9 Å². The quantitative estimate of drug-likeness (QED) is 0.539. The first-order chi connectivity index (χ1) is 13.9. The zero-order valence-electron chi connectivity index (χ0n) is 17.8. The van der Waals surface area contributed by atoms with Crippen LogP contribution >= 0.6 is 0 Å². The van der Waals surface area contributed by atoms with Crippen molar-refractivity contribution in [3.8, 4) is 17.2 Å². The lowest BCUT2D eigenvalue weighted by molar-refractivity contribution is -0.117. The molecule has 2 aromatic carbocycles. The molecule has 0 bridgehead atoms. The zero-order valence-corrected chi connectivity index (χ0v) is 17.8. The maximum atomic E-state index is 12.3. The molecule has 1 N–H and O–H groups in total. The van der Waals surface area contributed by atoms with Crippen molar-refractivity contribution in [2.75, 3.05) is 12.4 Å².